The fraction of sp³-hybridized carbons (Fsp3) is 0.643. The standard InChI is InChI=1S/C14H22N2O/c1-15-13(8-11-4-3-5-11)9-12-6-7-14(17-2)16-10-12/h6-7,10-11,13,15H,3-5,8-9H2,1-2H3. The molecule has 0 amide bonds. The van der Waals surface area contributed by atoms with E-state index in [0.717, 1.165) is 12.3 Å². The molecule has 1 N–H and O–H groups in total. The van der Waals surface area contributed by atoms with Gasteiger partial charge in [0.2, 0.25) is 5.88 Å². The Morgan fingerprint density at radius 1 is 1.47 bits per heavy atom. The van der Waals surface area contributed by atoms with Gasteiger partial charge in [0.25, 0.3) is 0 Å². The van der Waals surface area contributed by atoms with E-state index in [2.05, 4.69) is 23.4 Å². The van der Waals surface area contributed by atoms with Crippen molar-refractivity contribution in [2.45, 2.75) is 38.1 Å². The van der Waals surface area contributed by atoms with Gasteiger partial charge in [0.15, 0.2) is 0 Å². The molecule has 0 saturated heterocycles. The van der Waals surface area contributed by atoms with Crippen LogP contribution in [0.25, 0.3) is 0 Å². The van der Waals surface area contributed by atoms with E-state index in [1.54, 1.807) is 7.11 Å². The molecule has 94 valence electrons. The Hall–Kier alpha value is -1.09. The number of ether oxygens (including phenoxy) is 1. The molecule has 0 radical (unpaired) electrons. The maximum absolute atomic E-state index is 5.06. The largest absolute Gasteiger partial charge is 0.481 e. The molecule has 0 aromatic carbocycles. The molecule has 17 heavy (non-hydrogen) atoms. The van der Waals surface area contributed by atoms with E-state index in [1.807, 2.05) is 12.3 Å². The van der Waals surface area contributed by atoms with Gasteiger partial charge in [-0.25, -0.2) is 4.98 Å². The average molecular weight is 234 g/mol. The zero-order valence-electron chi connectivity index (χ0n) is 10.8. The Labute approximate surface area is 104 Å². The van der Waals surface area contributed by atoms with Crippen LogP contribution in [0.4, 0.5) is 0 Å². The topological polar surface area (TPSA) is 34.1 Å². The van der Waals surface area contributed by atoms with Gasteiger partial charge in [-0.3, -0.25) is 0 Å². The fourth-order valence-electron chi connectivity index (χ4n) is 2.37. The first kappa shape index (κ1) is 12.4. The number of hydrogen-bond donors (Lipinski definition) is 1. The molecule has 1 unspecified atom stereocenters. The molecule has 1 aromatic rings. The van der Waals surface area contributed by atoms with Gasteiger partial charge in [0, 0.05) is 18.3 Å². The van der Waals surface area contributed by atoms with E-state index in [1.165, 1.54) is 31.2 Å². The van der Waals surface area contributed by atoms with Gasteiger partial charge in [0.1, 0.15) is 0 Å². The zero-order chi connectivity index (χ0) is 12.1. The molecule has 0 spiro atoms. The third kappa shape index (κ3) is 3.43. The van der Waals surface area contributed by atoms with Gasteiger partial charge in [-0.1, -0.05) is 25.3 Å². The van der Waals surface area contributed by atoms with Crippen molar-refractivity contribution in [2.24, 2.45) is 5.92 Å². The summed E-state index contributed by atoms with van der Waals surface area (Å²) in [4.78, 5) is 4.25. The molecule has 1 fully saturated rings. The normalized spacial score (nSPS) is 17.5. The molecule has 1 aromatic heterocycles. The Bertz CT molecular complexity index is 333. The summed E-state index contributed by atoms with van der Waals surface area (Å²) in [5.41, 5.74) is 1.28. The summed E-state index contributed by atoms with van der Waals surface area (Å²) in [6.07, 6.45) is 8.53. The van der Waals surface area contributed by atoms with Crippen LogP contribution >= 0.6 is 0 Å². The predicted molar refractivity (Wildman–Crippen MR) is 69.3 cm³/mol. The van der Waals surface area contributed by atoms with E-state index in [4.69, 9.17) is 4.74 Å². The minimum absolute atomic E-state index is 0.579. The maximum atomic E-state index is 5.06. The minimum atomic E-state index is 0.579. The number of aromatic nitrogens is 1. The van der Waals surface area contributed by atoms with Crippen molar-refractivity contribution in [3.05, 3.63) is 23.9 Å². The number of methoxy groups -OCH3 is 1. The molecule has 1 atom stereocenters. The number of pyridine rings is 1. The Kier molecular flexibility index (Phi) is 4.37. The maximum Gasteiger partial charge on any atom is 0.212 e. The number of nitrogens with zero attached hydrogens (tertiary/aromatic N) is 1. The molecule has 0 bridgehead atoms. The SMILES string of the molecule is CNC(Cc1ccc(OC)nc1)CC1CCC1. The highest BCUT2D eigenvalue weighted by Crippen LogP contribution is 2.31. The van der Waals surface area contributed by atoms with Gasteiger partial charge in [-0.2, -0.15) is 0 Å². The highest BCUT2D eigenvalue weighted by Gasteiger charge is 2.21. The fourth-order valence-corrected chi connectivity index (χ4v) is 2.37. The molecule has 3 nitrogen and oxygen atoms in total. The number of hydrogen-bond acceptors (Lipinski definition) is 3. The second-order valence-electron chi connectivity index (χ2n) is 4.93. The van der Waals surface area contributed by atoms with E-state index >= 15 is 0 Å². The Balaban J connectivity index is 1.87. The Morgan fingerprint density at radius 2 is 2.29 bits per heavy atom. The van der Waals surface area contributed by atoms with Crippen LogP contribution in [0, 0.1) is 5.92 Å². The van der Waals surface area contributed by atoms with E-state index < -0.39 is 0 Å². The van der Waals surface area contributed by atoms with E-state index in [9.17, 15) is 0 Å². The lowest BCUT2D eigenvalue weighted by atomic mass is 9.80. The van der Waals surface area contributed by atoms with Gasteiger partial charge in [0.05, 0.1) is 7.11 Å². The van der Waals surface area contributed by atoms with Crippen molar-refractivity contribution in [1.29, 1.82) is 0 Å². The monoisotopic (exact) mass is 234 g/mol. The lowest BCUT2D eigenvalue weighted by Gasteiger charge is -2.29. The molecule has 1 saturated carbocycles. The molecule has 1 aliphatic rings. The average Bonchev–Trinajstić information content (AvgIpc) is 2.33. The summed E-state index contributed by atoms with van der Waals surface area (Å²) in [5.74, 6) is 1.63. The van der Waals surface area contributed by atoms with Crippen LogP contribution in [0.5, 0.6) is 5.88 Å². The van der Waals surface area contributed by atoms with Crippen LogP contribution in [-0.2, 0) is 6.42 Å². The van der Waals surface area contributed by atoms with Crippen molar-refractivity contribution in [1.82, 2.24) is 10.3 Å². The first-order valence-corrected chi connectivity index (χ1v) is 6.48. The molecular weight excluding hydrogens is 212 g/mol. The lowest BCUT2D eigenvalue weighted by Crippen LogP contribution is -2.32. The number of rotatable bonds is 6. The van der Waals surface area contributed by atoms with Gasteiger partial charge in [-0.15, -0.1) is 0 Å². The first-order valence-electron chi connectivity index (χ1n) is 6.48. The van der Waals surface area contributed by atoms with Crippen molar-refractivity contribution in [2.75, 3.05) is 14.2 Å². The van der Waals surface area contributed by atoms with Crippen LogP contribution in [0.2, 0.25) is 0 Å². The zero-order valence-corrected chi connectivity index (χ0v) is 10.8. The smallest absolute Gasteiger partial charge is 0.212 e. The van der Waals surface area contributed by atoms with E-state index in [0.29, 0.717) is 11.9 Å². The van der Waals surface area contributed by atoms with Crippen LogP contribution in [0.15, 0.2) is 18.3 Å². The quantitative estimate of drug-likeness (QED) is 0.820. The summed E-state index contributed by atoms with van der Waals surface area (Å²) in [7, 11) is 3.70. The number of nitrogens with one attached hydrogen (secondary N) is 1. The second kappa shape index (κ2) is 6.01. The first-order chi connectivity index (χ1) is 8.31. The highest BCUT2D eigenvalue weighted by molar-refractivity contribution is 5.18. The van der Waals surface area contributed by atoms with Gasteiger partial charge >= 0.3 is 0 Å². The molecule has 2 rings (SSSR count). The molecular formula is C14H22N2O. The third-order valence-corrected chi connectivity index (χ3v) is 3.74. The van der Waals surface area contributed by atoms with Crippen molar-refractivity contribution in [3.8, 4) is 5.88 Å². The minimum Gasteiger partial charge on any atom is -0.481 e. The van der Waals surface area contributed by atoms with Crippen LogP contribution < -0.4 is 10.1 Å². The second-order valence-corrected chi connectivity index (χ2v) is 4.93. The molecule has 3 heteroatoms. The molecule has 0 aliphatic heterocycles. The van der Waals surface area contributed by atoms with Crippen molar-refractivity contribution >= 4 is 0 Å². The van der Waals surface area contributed by atoms with Gasteiger partial charge < -0.3 is 10.1 Å². The predicted octanol–water partition coefficient (Wildman–Crippen LogP) is 2.41. The third-order valence-electron chi connectivity index (χ3n) is 3.74. The van der Waals surface area contributed by atoms with Crippen LogP contribution in [0.1, 0.15) is 31.2 Å². The van der Waals surface area contributed by atoms with Crippen molar-refractivity contribution in [3.63, 3.8) is 0 Å². The van der Waals surface area contributed by atoms with Crippen LogP contribution in [-0.4, -0.2) is 25.2 Å². The number of likely N-dealkylation sites (N-methyl/N-ethyl adjacent to an activating group) is 1. The summed E-state index contributed by atoms with van der Waals surface area (Å²) >= 11 is 0. The summed E-state index contributed by atoms with van der Waals surface area (Å²) in [6.45, 7) is 0. The lowest BCUT2D eigenvalue weighted by molar-refractivity contribution is 0.263. The van der Waals surface area contributed by atoms with Gasteiger partial charge in [-0.05, 0) is 31.4 Å². The molecule has 1 aliphatic carbocycles. The summed E-state index contributed by atoms with van der Waals surface area (Å²) in [6, 6.07) is 4.62. The summed E-state index contributed by atoms with van der Waals surface area (Å²) in [5, 5.41) is 3.42. The van der Waals surface area contributed by atoms with E-state index in [-0.39, 0.29) is 0 Å². The summed E-state index contributed by atoms with van der Waals surface area (Å²) < 4.78 is 5.06. The Morgan fingerprint density at radius 3 is 2.76 bits per heavy atom. The van der Waals surface area contributed by atoms with Crippen molar-refractivity contribution < 1.29 is 4.74 Å². The molecule has 1 heterocycles. The van der Waals surface area contributed by atoms with Crippen LogP contribution in [0.3, 0.4) is 0 Å². The highest BCUT2D eigenvalue weighted by atomic mass is 16.5.